The minimum Gasteiger partial charge on any atom is -0.310 e. The third-order valence-electron chi connectivity index (χ3n) is 3.85. The third kappa shape index (κ3) is 2.87. The summed E-state index contributed by atoms with van der Waals surface area (Å²) in [6.45, 7) is 5.17. The zero-order valence-corrected chi connectivity index (χ0v) is 13.6. The van der Waals surface area contributed by atoms with Gasteiger partial charge in [0, 0.05) is 29.9 Å². The SMILES string of the molecule is CCNC(Cc1cc(C)nn1C)c1csc2ccccc12. The van der Waals surface area contributed by atoms with E-state index in [0.29, 0.717) is 6.04 Å². The van der Waals surface area contributed by atoms with Crippen LogP contribution in [0.4, 0.5) is 0 Å². The minimum atomic E-state index is 0.334. The maximum absolute atomic E-state index is 4.46. The molecule has 2 aromatic heterocycles. The zero-order valence-electron chi connectivity index (χ0n) is 12.8. The van der Waals surface area contributed by atoms with Crippen LogP contribution in [0.15, 0.2) is 35.7 Å². The summed E-state index contributed by atoms with van der Waals surface area (Å²) in [5, 5.41) is 11.7. The predicted octanol–water partition coefficient (Wildman–Crippen LogP) is 3.84. The summed E-state index contributed by atoms with van der Waals surface area (Å²) in [6, 6.07) is 11.2. The lowest BCUT2D eigenvalue weighted by atomic mass is 10.0. The van der Waals surface area contributed by atoms with Crippen LogP contribution in [0.1, 0.15) is 29.9 Å². The van der Waals surface area contributed by atoms with E-state index < -0.39 is 0 Å². The van der Waals surface area contributed by atoms with Gasteiger partial charge in [0.1, 0.15) is 0 Å². The molecule has 0 saturated carbocycles. The lowest BCUT2D eigenvalue weighted by Gasteiger charge is -2.17. The van der Waals surface area contributed by atoms with Crippen molar-refractivity contribution >= 4 is 21.4 Å². The molecule has 0 bridgehead atoms. The monoisotopic (exact) mass is 299 g/mol. The molecule has 1 N–H and O–H groups in total. The Hall–Kier alpha value is -1.65. The van der Waals surface area contributed by atoms with Crippen LogP contribution in [0.2, 0.25) is 0 Å². The number of fused-ring (bicyclic) bond motifs is 1. The van der Waals surface area contributed by atoms with Gasteiger partial charge in [0.15, 0.2) is 0 Å². The Kier molecular flexibility index (Phi) is 4.08. The minimum absolute atomic E-state index is 0.334. The largest absolute Gasteiger partial charge is 0.310 e. The fourth-order valence-corrected chi connectivity index (χ4v) is 3.89. The highest BCUT2D eigenvalue weighted by atomic mass is 32.1. The van der Waals surface area contributed by atoms with Crippen LogP contribution >= 0.6 is 11.3 Å². The molecule has 0 fully saturated rings. The highest BCUT2D eigenvalue weighted by Gasteiger charge is 2.17. The Morgan fingerprint density at radius 3 is 2.86 bits per heavy atom. The van der Waals surface area contributed by atoms with Gasteiger partial charge in [-0.15, -0.1) is 11.3 Å². The van der Waals surface area contributed by atoms with Gasteiger partial charge >= 0.3 is 0 Å². The molecule has 0 amide bonds. The molecular formula is C17H21N3S. The molecule has 0 radical (unpaired) electrons. The van der Waals surface area contributed by atoms with Crippen molar-refractivity contribution in [2.75, 3.05) is 6.54 Å². The van der Waals surface area contributed by atoms with Crippen molar-refractivity contribution in [3.8, 4) is 0 Å². The van der Waals surface area contributed by atoms with Crippen LogP contribution in [0, 0.1) is 6.92 Å². The number of hydrogen-bond donors (Lipinski definition) is 1. The van der Waals surface area contributed by atoms with Crippen molar-refractivity contribution < 1.29 is 0 Å². The second kappa shape index (κ2) is 6.00. The Balaban J connectivity index is 1.96. The average molecular weight is 299 g/mol. The van der Waals surface area contributed by atoms with E-state index in [-0.39, 0.29) is 0 Å². The van der Waals surface area contributed by atoms with E-state index in [1.165, 1.54) is 21.3 Å². The van der Waals surface area contributed by atoms with E-state index in [1.807, 2.05) is 30.0 Å². The van der Waals surface area contributed by atoms with Crippen LogP contribution in [0.5, 0.6) is 0 Å². The Labute approximate surface area is 129 Å². The summed E-state index contributed by atoms with van der Waals surface area (Å²) >= 11 is 1.83. The fraction of sp³-hybridized carbons (Fsp3) is 0.353. The second-order valence-corrected chi connectivity index (χ2v) is 6.31. The topological polar surface area (TPSA) is 29.9 Å². The first-order valence-corrected chi connectivity index (χ1v) is 8.26. The lowest BCUT2D eigenvalue weighted by molar-refractivity contribution is 0.532. The average Bonchev–Trinajstić information content (AvgIpc) is 3.02. The van der Waals surface area contributed by atoms with Crippen LogP contribution in [0.25, 0.3) is 10.1 Å². The number of aryl methyl sites for hydroxylation is 2. The van der Waals surface area contributed by atoms with Crippen LogP contribution in [-0.4, -0.2) is 16.3 Å². The quantitative estimate of drug-likeness (QED) is 0.776. The van der Waals surface area contributed by atoms with E-state index in [1.54, 1.807) is 0 Å². The van der Waals surface area contributed by atoms with Gasteiger partial charge in [-0.05, 0) is 41.9 Å². The normalized spacial score (nSPS) is 12.9. The van der Waals surface area contributed by atoms with E-state index in [0.717, 1.165) is 18.7 Å². The van der Waals surface area contributed by atoms with E-state index >= 15 is 0 Å². The molecule has 1 aromatic carbocycles. The molecule has 0 saturated heterocycles. The second-order valence-electron chi connectivity index (χ2n) is 5.40. The lowest BCUT2D eigenvalue weighted by Crippen LogP contribution is -2.23. The molecule has 3 rings (SSSR count). The summed E-state index contributed by atoms with van der Waals surface area (Å²) in [5.41, 5.74) is 3.75. The third-order valence-corrected chi connectivity index (χ3v) is 4.83. The van der Waals surface area contributed by atoms with Gasteiger partial charge in [0.25, 0.3) is 0 Å². The van der Waals surface area contributed by atoms with Gasteiger partial charge in [-0.3, -0.25) is 4.68 Å². The van der Waals surface area contributed by atoms with Crippen molar-refractivity contribution in [2.24, 2.45) is 7.05 Å². The van der Waals surface area contributed by atoms with Gasteiger partial charge in [0.2, 0.25) is 0 Å². The summed E-state index contributed by atoms with van der Waals surface area (Å²) in [6.07, 6.45) is 0.964. The summed E-state index contributed by atoms with van der Waals surface area (Å²) in [4.78, 5) is 0. The number of rotatable bonds is 5. The molecule has 110 valence electrons. The first-order valence-electron chi connectivity index (χ1n) is 7.38. The number of aromatic nitrogens is 2. The molecule has 0 aliphatic carbocycles. The van der Waals surface area contributed by atoms with Gasteiger partial charge in [-0.1, -0.05) is 25.1 Å². The maximum Gasteiger partial charge on any atom is 0.0596 e. The molecular weight excluding hydrogens is 278 g/mol. The van der Waals surface area contributed by atoms with E-state index in [9.17, 15) is 0 Å². The van der Waals surface area contributed by atoms with Crippen LogP contribution < -0.4 is 5.32 Å². The molecule has 2 heterocycles. The highest BCUT2D eigenvalue weighted by Crippen LogP contribution is 2.31. The Morgan fingerprint density at radius 1 is 1.33 bits per heavy atom. The van der Waals surface area contributed by atoms with E-state index in [4.69, 9.17) is 0 Å². The van der Waals surface area contributed by atoms with Crippen molar-refractivity contribution in [3.05, 3.63) is 52.7 Å². The first kappa shape index (κ1) is 14.3. The molecule has 1 atom stereocenters. The summed E-state index contributed by atoms with van der Waals surface area (Å²) in [7, 11) is 2.02. The number of hydrogen-bond acceptors (Lipinski definition) is 3. The molecule has 4 heteroatoms. The van der Waals surface area contributed by atoms with Gasteiger partial charge in [0.05, 0.1) is 5.69 Å². The Bertz CT molecular complexity index is 741. The number of likely N-dealkylation sites (N-methyl/N-ethyl adjacent to an activating group) is 1. The molecule has 3 aromatic rings. The highest BCUT2D eigenvalue weighted by molar-refractivity contribution is 7.17. The van der Waals surface area contributed by atoms with Crippen molar-refractivity contribution in [1.29, 1.82) is 0 Å². The maximum atomic E-state index is 4.46. The fourth-order valence-electron chi connectivity index (χ4n) is 2.87. The standard InChI is InChI=1S/C17H21N3S/c1-4-18-16(10-13-9-12(2)19-20(13)3)15-11-21-17-8-6-5-7-14(15)17/h5-9,11,16,18H,4,10H2,1-3H3. The molecule has 0 aliphatic rings. The first-order chi connectivity index (χ1) is 10.2. The predicted molar refractivity (Wildman–Crippen MR) is 89.9 cm³/mol. The summed E-state index contributed by atoms with van der Waals surface area (Å²) < 4.78 is 3.35. The molecule has 21 heavy (non-hydrogen) atoms. The number of benzene rings is 1. The molecule has 1 unspecified atom stereocenters. The van der Waals surface area contributed by atoms with Gasteiger partial charge in [-0.25, -0.2) is 0 Å². The van der Waals surface area contributed by atoms with Gasteiger partial charge < -0.3 is 5.32 Å². The number of nitrogens with one attached hydrogen (secondary N) is 1. The van der Waals surface area contributed by atoms with E-state index in [2.05, 4.69) is 53.1 Å². The molecule has 0 spiro atoms. The number of thiophene rings is 1. The zero-order chi connectivity index (χ0) is 14.8. The van der Waals surface area contributed by atoms with Crippen LogP contribution in [0.3, 0.4) is 0 Å². The van der Waals surface area contributed by atoms with Crippen LogP contribution in [-0.2, 0) is 13.5 Å². The van der Waals surface area contributed by atoms with Crippen molar-refractivity contribution in [2.45, 2.75) is 26.3 Å². The van der Waals surface area contributed by atoms with Crippen molar-refractivity contribution in [1.82, 2.24) is 15.1 Å². The molecule has 3 nitrogen and oxygen atoms in total. The smallest absolute Gasteiger partial charge is 0.0596 e. The Morgan fingerprint density at radius 2 is 2.14 bits per heavy atom. The number of nitrogens with zero attached hydrogens (tertiary/aromatic N) is 2. The summed E-state index contributed by atoms with van der Waals surface area (Å²) in [5.74, 6) is 0. The van der Waals surface area contributed by atoms with Crippen molar-refractivity contribution in [3.63, 3.8) is 0 Å². The van der Waals surface area contributed by atoms with Gasteiger partial charge in [-0.2, -0.15) is 5.10 Å². The molecule has 0 aliphatic heterocycles.